The minimum Gasteiger partial charge on any atom is -0.313 e. The molecule has 1 fully saturated rings. The van der Waals surface area contributed by atoms with Crippen LogP contribution >= 0.6 is 0 Å². The quantitative estimate of drug-likeness (QED) is 0.434. The number of sulfonamides is 1. The Kier molecular flexibility index (Phi) is 4.13. The lowest BCUT2D eigenvalue weighted by atomic mass is 10.3. The van der Waals surface area contributed by atoms with Crippen LogP contribution in [0.4, 0.5) is 5.69 Å². The molecule has 8 heteroatoms. The molecule has 1 aromatic rings. The van der Waals surface area contributed by atoms with Crippen LogP contribution in [0.2, 0.25) is 0 Å². The highest BCUT2D eigenvalue weighted by Gasteiger charge is 2.21. The van der Waals surface area contributed by atoms with Crippen molar-refractivity contribution in [3.63, 3.8) is 0 Å². The summed E-state index contributed by atoms with van der Waals surface area (Å²) in [5.41, 5.74) is -0.237. The molecule has 7 nitrogen and oxygen atoms in total. The van der Waals surface area contributed by atoms with Crippen LogP contribution in [-0.2, 0) is 10.0 Å². The van der Waals surface area contributed by atoms with Crippen LogP contribution in [0.15, 0.2) is 29.2 Å². The van der Waals surface area contributed by atoms with Crippen molar-refractivity contribution in [2.75, 3.05) is 13.1 Å². The van der Waals surface area contributed by atoms with E-state index < -0.39 is 14.9 Å². The molecule has 0 bridgehead atoms. The van der Waals surface area contributed by atoms with Crippen molar-refractivity contribution in [3.8, 4) is 0 Å². The van der Waals surface area contributed by atoms with Crippen LogP contribution in [0.25, 0.3) is 0 Å². The second-order valence-corrected chi connectivity index (χ2v) is 6.15. The summed E-state index contributed by atoms with van der Waals surface area (Å²) in [6, 6.07) is 5.52. The lowest BCUT2D eigenvalue weighted by molar-refractivity contribution is -0.385. The molecule has 0 unspecified atom stereocenters. The molecule has 104 valence electrons. The van der Waals surface area contributed by atoms with Crippen LogP contribution in [0.1, 0.15) is 12.8 Å². The Hall–Kier alpha value is -1.51. The van der Waals surface area contributed by atoms with Gasteiger partial charge < -0.3 is 5.32 Å². The molecular weight excluding hydrogens is 270 g/mol. The van der Waals surface area contributed by atoms with E-state index in [-0.39, 0.29) is 17.1 Å². The maximum atomic E-state index is 11.9. The highest BCUT2D eigenvalue weighted by Crippen LogP contribution is 2.18. The molecule has 0 radical (unpaired) electrons. The van der Waals surface area contributed by atoms with Crippen molar-refractivity contribution in [2.45, 2.75) is 23.8 Å². The summed E-state index contributed by atoms with van der Waals surface area (Å²) in [5, 5.41) is 13.8. The smallest absolute Gasteiger partial charge is 0.270 e. The van der Waals surface area contributed by atoms with Gasteiger partial charge in [-0.2, -0.15) is 0 Å². The highest BCUT2D eigenvalue weighted by molar-refractivity contribution is 7.89. The van der Waals surface area contributed by atoms with E-state index >= 15 is 0 Å². The molecule has 0 amide bonds. The van der Waals surface area contributed by atoms with Gasteiger partial charge in [-0.3, -0.25) is 10.1 Å². The first kappa shape index (κ1) is 13.9. The van der Waals surface area contributed by atoms with E-state index in [1.54, 1.807) is 0 Å². The molecule has 1 aromatic carbocycles. The zero-order valence-electron chi connectivity index (χ0n) is 10.2. The Bertz CT molecular complexity index is 569. The normalized spacial score (nSPS) is 15.4. The summed E-state index contributed by atoms with van der Waals surface area (Å²) < 4.78 is 26.2. The molecule has 2 N–H and O–H groups in total. The molecule has 0 aliphatic heterocycles. The lowest BCUT2D eigenvalue weighted by Crippen LogP contribution is -2.32. The predicted molar refractivity (Wildman–Crippen MR) is 69.3 cm³/mol. The van der Waals surface area contributed by atoms with Gasteiger partial charge in [-0.15, -0.1) is 0 Å². The maximum absolute atomic E-state index is 11.9. The largest absolute Gasteiger partial charge is 0.313 e. The summed E-state index contributed by atoms with van der Waals surface area (Å²) in [7, 11) is -3.69. The number of nitro benzene ring substituents is 1. The van der Waals surface area contributed by atoms with Gasteiger partial charge >= 0.3 is 0 Å². The molecule has 2 rings (SSSR count). The van der Waals surface area contributed by atoms with Gasteiger partial charge in [0.15, 0.2) is 0 Å². The summed E-state index contributed by atoms with van der Waals surface area (Å²) in [6.45, 7) is 0.820. The average molecular weight is 285 g/mol. The van der Waals surface area contributed by atoms with Gasteiger partial charge in [-0.05, 0) is 18.9 Å². The van der Waals surface area contributed by atoms with Crippen molar-refractivity contribution < 1.29 is 13.3 Å². The van der Waals surface area contributed by atoms with Gasteiger partial charge in [0.25, 0.3) is 5.69 Å². The Labute approximate surface area is 111 Å². The first-order valence-corrected chi connectivity index (χ1v) is 7.45. The molecule has 0 spiro atoms. The van der Waals surface area contributed by atoms with Gasteiger partial charge in [0.1, 0.15) is 0 Å². The fourth-order valence-electron chi connectivity index (χ4n) is 1.60. The van der Waals surface area contributed by atoms with Crippen LogP contribution in [0.5, 0.6) is 0 Å². The van der Waals surface area contributed by atoms with Crippen molar-refractivity contribution in [1.82, 2.24) is 10.0 Å². The van der Waals surface area contributed by atoms with Crippen molar-refractivity contribution >= 4 is 15.7 Å². The van der Waals surface area contributed by atoms with E-state index in [0.717, 1.165) is 18.9 Å². The number of non-ortho nitro benzene ring substituents is 1. The third-order valence-electron chi connectivity index (χ3n) is 2.77. The molecule has 1 saturated carbocycles. The standard InChI is InChI=1S/C11H15N3O4S/c15-14(16)10-2-1-3-11(8-10)19(17,18)13-7-6-12-9-4-5-9/h1-3,8-9,12-13H,4-7H2. The minimum absolute atomic E-state index is 0.0897. The van der Waals surface area contributed by atoms with Crippen molar-refractivity contribution in [3.05, 3.63) is 34.4 Å². The zero-order valence-corrected chi connectivity index (χ0v) is 11.0. The number of hydrogen-bond donors (Lipinski definition) is 2. The number of nitrogens with zero attached hydrogens (tertiary/aromatic N) is 1. The number of nitrogens with one attached hydrogen (secondary N) is 2. The summed E-state index contributed by atoms with van der Waals surface area (Å²) >= 11 is 0. The molecule has 19 heavy (non-hydrogen) atoms. The molecule has 0 aromatic heterocycles. The molecule has 1 aliphatic carbocycles. The third kappa shape index (κ3) is 3.98. The van der Waals surface area contributed by atoms with E-state index in [2.05, 4.69) is 10.0 Å². The maximum Gasteiger partial charge on any atom is 0.270 e. The Morgan fingerprint density at radius 2 is 2.05 bits per heavy atom. The van der Waals surface area contributed by atoms with Gasteiger partial charge in [0.05, 0.1) is 9.82 Å². The minimum atomic E-state index is -3.69. The second-order valence-electron chi connectivity index (χ2n) is 4.38. The van der Waals surface area contributed by atoms with Gasteiger partial charge in [0, 0.05) is 31.3 Å². The number of hydrogen-bond acceptors (Lipinski definition) is 5. The van der Waals surface area contributed by atoms with Crippen molar-refractivity contribution in [2.24, 2.45) is 0 Å². The molecule has 0 saturated heterocycles. The molecule has 0 atom stereocenters. The SMILES string of the molecule is O=[N+]([O-])c1cccc(S(=O)(=O)NCCNC2CC2)c1. The molecule has 1 aliphatic rings. The van der Waals surface area contributed by atoms with E-state index in [9.17, 15) is 18.5 Å². The Morgan fingerprint density at radius 1 is 1.32 bits per heavy atom. The summed E-state index contributed by atoms with van der Waals surface area (Å²) in [4.78, 5) is 9.90. The monoisotopic (exact) mass is 285 g/mol. The number of benzene rings is 1. The van der Waals surface area contributed by atoms with Crippen LogP contribution in [-0.4, -0.2) is 32.5 Å². The topological polar surface area (TPSA) is 101 Å². The van der Waals surface area contributed by atoms with E-state index in [1.807, 2.05) is 0 Å². The Morgan fingerprint density at radius 3 is 2.68 bits per heavy atom. The van der Waals surface area contributed by atoms with Crippen LogP contribution in [0.3, 0.4) is 0 Å². The van der Waals surface area contributed by atoms with Crippen LogP contribution < -0.4 is 10.0 Å². The summed E-state index contributed by atoms with van der Waals surface area (Å²) in [5.74, 6) is 0. The highest BCUT2D eigenvalue weighted by atomic mass is 32.2. The molecule has 0 heterocycles. The zero-order chi connectivity index (χ0) is 13.9. The first-order chi connectivity index (χ1) is 8.99. The Balaban J connectivity index is 1.97. The summed E-state index contributed by atoms with van der Waals surface area (Å²) in [6.07, 6.45) is 2.27. The van der Waals surface area contributed by atoms with Crippen molar-refractivity contribution in [1.29, 1.82) is 0 Å². The van der Waals surface area contributed by atoms with E-state index in [1.165, 1.54) is 18.2 Å². The van der Waals surface area contributed by atoms with Gasteiger partial charge in [0.2, 0.25) is 10.0 Å². The second kappa shape index (κ2) is 5.64. The lowest BCUT2D eigenvalue weighted by Gasteiger charge is -2.07. The van der Waals surface area contributed by atoms with E-state index in [0.29, 0.717) is 12.6 Å². The fourth-order valence-corrected chi connectivity index (χ4v) is 2.67. The van der Waals surface area contributed by atoms with Crippen LogP contribution in [0, 0.1) is 10.1 Å². The number of nitro groups is 1. The third-order valence-corrected chi connectivity index (χ3v) is 4.22. The van der Waals surface area contributed by atoms with Gasteiger partial charge in [-0.25, -0.2) is 13.1 Å². The predicted octanol–water partition coefficient (Wildman–Crippen LogP) is 0.625. The fraction of sp³-hybridized carbons (Fsp3) is 0.455. The molecular formula is C11H15N3O4S. The van der Waals surface area contributed by atoms with Gasteiger partial charge in [-0.1, -0.05) is 6.07 Å². The number of rotatable bonds is 7. The first-order valence-electron chi connectivity index (χ1n) is 5.96. The van der Waals surface area contributed by atoms with E-state index in [4.69, 9.17) is 0 Å². The average Bonchev–Trinajstić information content (AvgIpc) is 3.19.